The third-order valence-corrected chi connectivity index (χ3v) is 4.04. The van der Waals surface area contributed by atoms with E-state index in [-0.39, 0.29) is 17.9 Å². The van der Waals surface area contributed by atoms with Crippen molar-refractivity contribution in [3.05, 3.63) is 29.8 Å². The minimum Gasteiger partial charge on any atom is -0.396 e. The first kappa shape index (κ1) is 15.3. The van der Waals surface area contributed by atoms with Crippen molar-refractivity contribution in [2.75, 3.05) is 18.5 Å². The summed E-state index contributed by atoms with van der Waals surface area (Å²) in [6.45, 7) is 0.596. The minimum atomic E-state index is -0.640. The monoisotopic (exact) mass is 291 g/mol. The van der Waals surface area contributed by atoms with Gasteiger partial charge >= 0.3 is 6.03 Å². The molecule has 0 saturated heterocycles. The average molecular weight is 291 g/mol. The summed E-state index contributed by atoms with van der Waals surface area (Å²) in [7, 11) is 0. The molecule has 114 valence electrons. The standard InChI is InChI=1S/C15H21N3O3/c16-14(21)18-12-5-3-11(4-6-12)13(20)17-9-15(10-19)7-1-2-8-15/h3-6,19H,1-2,7-10H2,(H,17,20)(H3,16,18,21). The first-order valence-corrected chi connectivity index (χ1v) is 7.10. The molecule has 2 rings (SSSR count). The zero-order valence-electron chi connectivity index (χ0n) is 11.9. The van der Waals surface area contributed by atoms with Crippen molar-refractivity contribution in [1.82, 2.24) is 5.32 Å². The van der Waals surface area contributed by atoms with Crippen LogP contribution in [-0.4, -0.2) is 30.2 Å². The number of hydrogen-bond donors (Lipinski definition) is 4. The van der Waals surface area contributed by atoms with Crippen molar-refractivity contribution in [3.8, 4) is 0 Å². The number of carbonyl (C=O) groups is 2. The maximum absolute atomic E-state index is 12.1. The molecule has 0 heterocycles. The third-order valence-electron chi connectivity index (χ3n) is 4.04. The van der Waals surface area contributed by atoms with Crippen molar-refractivity contribution in [2.24, 2.45) is 11.1 Å². The fraction of sp³-hybridized carbons (Fsp3) is 0.467. The quantitative estimate of drug-likeness (QED) is 0.660. The van der Waals surface area contributed by atoms with Crippen LogP contribution >= 0.6 is 0 Å². The molecule has 6 nitrogen and oxygen atoms in total. The summed E-state index contributed by atoms with van der Waals surface area (Å²) < 4.78 is 0. The molecule has 1 saturated carbocycles. The first-order chi connectivity index (χ1) is 10.0. The molecule has 1 aromatic rings. The van der Waals surface area contributed by atoms with Crippen molar-refractivity contribution < 1.29 is 14.7 Å². The van der Waals surface area contributed by atoms with Gasteiger partial charge in [0.15, 0.2) is 0 Å². The van der Waals surface area contributed by atoms with Gasteiger partial charge in [0, 0.05) is 23.2 Å². The number of aliphatic hydroxyl groups excluding tert-OH is 1. The summed E-state index contributed by atoms with van der Waals surface area (Å²) in [5.74, 6) is -0.180. The lowest BCUT2D eigenvalue weighted by Crippen LogP contribution is -2.38. The summed E-state index contributed by atoms with van der Waals surface area (Å²) in [6, 6.07) is 5.86. The molecular weight excluding hydrogens is 270 g/mol. The first-order valence-electron chi connectivity index (χ1n) is 7.10. The SMILES string of the molecule is NC(=O)Nc1ccc(C(=O)NCC2(CO)CCCC2)cc1. The average Bonchev–Trinajstić information content (AvgIpc) is 2.94. The molecule has 1 aliphatic carbocycles. The molecule has 0 radical (unpaired) electrons. The van der Waals surface area contributed by atoms with Gasteiger partial charge in [0.2, 0.25) is 0 Å². The molecule has 0 aliphatic heterocycles. The van der Waals surface area contributed by atoms with Crippen LogP contribution in [0, 0.1) is 5.41 Å². The number of urea groups is 1. The molecule has 6 heteroatoms. The Labute approximate surface area is 123 Å². The number of carbonyl (C=O) groups excluding carboxylic acids is 2. The van der Waals surface area contributed by atoms with Crippen LogP contribution in [0.25, 0.3) is 0 Å². The van der Waals surface area contributed by atoms with Crippen LogP contribution in [0.15, 0.2) is 24.3 Å². The molecule has 5 N–H and O–H groups in total. The second-order valence-corrected chi connectivity index (χ2v) is 5.61. The second-order valence-electron chi connectivity index (χ2n) is 5.61. The smallest absolute Gasteiger partial charge is 0.316 e. The maximum atomic E-state index is 12.1. The van der Waals surface area contributed by atoms with E-state index in [4.69, 9.17) is 5.73 Å². The van der Waals surface area contributed by atoms with E-state index in [0.29, 0.717) is 17.8 Å². The Kier molecular flexibility index (Phi) is 4.80. The van der Waals surface area contributed by atoms with Gasteiger partial charge in [0.05, 0.1) is 6.61 Å². The largest absolute Gasteiger partial charge is 0.396 e. The maximum Gasteiger partial charge on any atom is 0.316 e. The number of aliphatic hydroxyl groups is 1. The Morgan fingerprint density at radius 3 is 2.33 bits per heavy atom. The van der Waals surface area contributed by atoms with Gasteiger partial charge in [-0.05, 0) is 37.1 Å². The van der Waals surface area contributed by atoms with Gasteiger partial charge in [0.25, 0.3) is 5.91 Å². The van der Waals surface area contributed by atoms with Crippen LogP contribution in [-0.2, 0) is 0 Å². The highest BCUT2D eigenvalue weighted by Crippen LogP contribution is 2.36. The van der Waals surface area contributed by atoms with Gasteiger partial charge in [-0.3, -0.25) is 4.79 Å². The van der Waals surface area contributed by atoms with Gasteiger partial charge in [-0.2, -0.15) is 0 Å². The lowest BCUT2D eigenvalue weighted by molar-refractivity contribution is 0.0880. The Bertz CT molecular complexity index is 507. The minimum absolute atomic E-state index is 0.106. The molecule has 1 aliphatic rings. The predicted octanol–water partition coefficient (Wildman–Crippen LogP) is 1.46. The van der Waals surface area contributed by atoms with E-state index in [9.17, 15) is 14.7 Å². The molecule has 0 aromatic heterocycles. The molecule has 1 fully saturated rings. The summed E-state index contributed by atoms with van der Waals surface area (Å²) in [4.78, 5) is 22.8. The fourth-order valence-electron chi connectivity index (χ4n) is 2.73. The molecule has 0 spiro atoms. The zero-order chi connectivity index (χ0) is 15.3. The van der Waals surface area contributed by atoms with E-state index in [2.05, 4.69) is 10.6 Å². The fourth-order valence-corrected chi connectivity index (χ4v) is 2.73. The molecular formula is C15H21N3O3. The third kappa shape index (κ3) is 3.95. The molecule has 0 unspecified atom stereocenters. The van der Waals surface area contributed by atoms with E-state index >= 15 is 0 Å². The van der Waals surface area contributed by atoms with Crippen LogP contribution in [0.1, 0.15) is 36.0 Å². The highest BCUT2D eigenvalue weighted by Gasteiger charge is 2.33. The molecule has 21 heavy (non-hydrogen) atoms. The normalized spacial score (nSPS) is 16.4. The zero-order valence-corrected chi connectivity index (χ0v) is 11.9. The lowest BCUT2D eigenvalue weighted by Gasteiger charge is -2.26. The second kappa shape index (κ2) is 6.58. The highest BCUT2D eigenvalue weighted by atomic mass is 16.3. The number of rotatable bonds is 5. The topological polar surface area (TPSA) is 104 Å². The van der Waals surface area contributed by atoms with E-state index < -0.39 is 6.03 Å². The van der Waals surface area contributed by atoms with Crippen LogP contribution < -0.4 is 16.4 Å². The summed E-state index contributed by atoms with van der Waals surface area (Å²) >= 11 is 0. The molecule has 1 aromatic carbocycles. The van der Waals surface area contributed by atoms with Crippen LogP contribution in [0.2, 0.25) is 0 Å². The van der Waals surface area contributed by atoms with E-state index in [0.717, 1.165) is 25.7 Å². The Morgan fingerprint density at radius 1 is 1.19 bits per heavy atom. The van der Waals surface area contributed by atoms with Crippen LogP contribution in [0.5, 0.6) is 0 Å². The van der Waals surface area contributed by atoms with Crippen molar-refractivity contribution in [2.45, 2.75) is 25.7 Å². The van der Waals surface area contributed by atoms with Gasteiger partial charge in [-0.15, -0.1) is 0 Å². The van der Waals surface area contributed by atoms with Gasteiger partial charge in [-0.1, -0.05) is 12.8 Å². The number of nitrogens with one attached hydrogen (secondary N) is 2. The van der Waals surface area contributed by atoms with Crippen LogP contribution in [0.4, 0.5) is 10.5 Å². The summed E-state index contributed by atoms with van der Waals surface area (Å²) in [5, 5.41) is 14.8. The molecule has 0 bridgehead atoms. The number of anilines is 1. The van der Waals surface area contributed by atoms with E-state index in [1.165, 1.54) is 0 Å². The molecule has 0 atom stereocenters. The van der Waals surface area contributed by atoms with Gasteiger partial charge < -0.3 is 21.5 Å². The van der Waals surface area contributed by atoms with E-state index in [1.54, 1.807) is 24.3 Å². The highest BCUT2D eigenvalue weighted by molar-refractivity contribution is 5.95. The Hall–Kier alpha value is -2.08. The summed E-state index contributed by atoms with van der Waals surface area (Å²) in [6.07, 6.45) is 4.10. The van der Waals surface area contributed by atoms with Crippen molar-refractivity contribution in [1.29, 1.82) is 0 Å². The number of nitrogens with two attached hydrogens (primary N) is 1. The Balaban J connectivity index is 1.92. The molecule has 3 amide bonds. The predicted molar refractivity (Wildman–Crippen MR) is 80.0 cm³/mol. The van der Waals surface area contributed by atoms with Crippen LogP contribution in [0.3, 0.4) is 0 Å². The lowest BCUT2D eigenvalue weighted by atomic mass is 9.87. The Morgan fingerprint density at radius 2 is 1.81 bits per heavy atom. The number of benzene rings is 1. The number of primary amides is 1. The van der Waals surface area contributed by atoms with Crippen molar-refractivity contribution >= 4 is 17.6 Å². The van der Waals surface area contributed by atoms with Gasteiger partial charge in [0.1, 0.15) is 0 Å². The van der Waals surface area contributed by atoms with Crippen molar-refractivity contribution in [3.63, 3.8) is 0 Å². The number of amides is 3. The number of hydrogen-bond acceptors (Lipinski definition) is 3. The van der Waals surface area contributed by atoms with E-state index in [1.807, 2.05) is 0 Å². The summed E-state index contributed by atoms with van der Waals surface area (Å²) in [5.41, 5.74) is 5.91. The van der Waals surface area contributed by atoms with Gasteiger partial charge in [-0.25, -0.2) is 4.79 Å².